The molecule has 2 rings (SSSR count). The van der Waals surface area contributed by atoms with Crippen molar-refractivity contribution in [2.75, 3.05) is 30.7 Å². The molecular formula is C18H23N3O3S. The fourth-order valence-corrected chi connectivity index (χ4v) is 3.34. The number of carbonyl (C=O) groups excluding carboxylic acids is 1. The van der Waals surface area contributed by atoms with E-state index in [2.05, 4.69) is 10.0 Å². The molecule has 0 aromatic heterocycles. The molecule has 7 heteroatoms. The van der Waals surface area contributed by atoms with Crippen LogP contribution in [-0.2, 0) is 14.8 Å². The number of nitrogens with one attached hydrogen (secondary N) is 2. The molecule has 0 fully saturated rings. The minimum atomic E-state index is -3.69. The fraction of sp³-hybridized carbons (Fsp3) is 0.278. The number of nitrogens with zero attached hydrogens (tertiary/aromatic N) is 1. The average molecular weight is 361 g/mol. The molecule has 2 N–H and O–H groups in total. The predicted molar refractivity (Wildman–Crippen MR) is 100 cm³/mol. The Kier molecular flexibility index (Phi) is 5.81. The van der Waals surface area contributed by atoms with E-state index in [9.17, 15) is 13.2 Å². The molecule has 0 spiro atoms. The van der Waals surface area contributed by atoms with Crippen LogP contribution in [0, 0.1) is 13.8 Å². The number of amides is 1. The molecule has 0 bridgehead atoms. The standard InChI is InChI=1S/C18H23N3O3S/c1-13-5-9-16(10-6-13)25(23,24)20-17-11-15(8-7-14(17)2)19-18(22)12-21(3)4/h5-11,20H,12H2,1-4H3,(H,19,22). The normalized spacial score (nSPS) is 11.4. The summed E-state index contributed by atoms with van der Waals surface area (Å²) in [7, 11) is -0.0849. The second-order valence-electron chi connectivity index (χ2n) is 6.23. The van der Waals surface area contributed by atoms with Crippen LogP contribution < -0.4 is 10.0 Å². The van der Waals surface area contributed by atoms with Crippen molar-refractivity contribution in [1.29, 1.82) is 0 Å². The SMILES string of the molecule is Cc1ccc(S(=O)(=O)Nc2cc(NC(=O)CN(C)C)ccc2C)cc1. The summed E-state index contributed by atoms with van der Waals surface area (Å²) < 4.78 is 27.7. The Morgan fingerprint density at radius 2 is 1.68 bits per heavy atom. The summed E-state index contributed by atoms with van der Waals surface area (Å²) in [6.45, 7) is 3.95. The molecule has 0 aliphatic rings. The first-order valence-electron chi connectivity index (χ1n) is 7.82. The minimum absolute atomic E-state index is 0.166. The van der Waals surface area contributed by atoms with E-state index in [1.807, 2.05) is 6.92 Å². The van der Waals surface area contributed by atoms with Crippen molar-refractivity contribution in [3.05, 3.63) is 53.6 Å². The lowest BCUT2D eigenvalue weighted by Gasteiger charge is -2.14. The van der Waals surface area contributed by atoms with E-state index in [-0.39, 0.29) is 17.3 Å². The number of rotatable bonds is 6. The van der Waals surface area contributed by atoms with E-state index in [0.717, 1.165) is 11.1 Å². The molecular weight excluding hydrogens is 338 g/mol. The molecule has 2 aromatic rings. The van der Waals surface area contributed by atoms with E-state index in [1.54, 1.807) is 68.4 Å². The van der Waals surface area contributed by atoms with Crippen LogP contribution in [0.3, 0.4) is 0 Å². The topological polar surface area (TPSA) is 78.5 Å². The first-order valence-corrected chi connectivity index (χ1v) is 9.30. The predicted octanol–water partition coefficient (Wildman–Crippen LogP) is 2.60. The molecule has 2 aromatic carbocycles. The lowest BCUT2D eigenvalue weighted by atomic mass is 10.2. The Morgan fingerprint density at radius 1 is 1.04 bits per heavy atom. The van der Waals surface area contributed by atoms with Gasteiger partial charge in [0.05, 0.1) is 17.1 Å². The monoisotopic (exact) mass is 361 g/mol. The zero-order valence-electron chi connectivity index (χ0n) is 14.8. The van der Waals surface area contributed by atoms with Gasteiger partial charge in [-0.25, -0.2) is 8.42 Å². The van der Waals surface area contributed by atoms with Crippen molar-refractivity contribution >= 4 is 27.3 Å². The number of benzene rings is 2. The van der Waals surface area contributed by atoms with Gasteiger partial charge < -0.3 is 10.2 Å². The Morgan fingerprint density at radius 3 is 2.28 bits per heavy atom. The van der Waals surface area contributed by atoms with Gasteiger partial charge in [-0.15, -0.1) is 0 Å². The van der Waals surface area contributed by atoms with Crippen LogP contribution in [0.15, 0.2) is 47.4 Å². The Balaban J connectivity index is 2.22. The fourth-order valence-electron chi connectivity index (χ4n) is 2.22. The van der Waals surface area contributed by atoms with Crippen molar-refractivity contribution in [3.8, 4) is 0 Å². The third kappa shape index (κ3) is 5.30. The Bertz CT molecular complexity index is 860. The second kappa shape index (κ2) is 7.67. The number of sulfonamides is 1. The first-order chi connectivity index (χ1) is 11.7. The highest BCUT2D eigenvalue weighted by Gasteiger charge is 2.15. The molecule has 134 valence electrons. The van der Waals surface area contributed by atoms with Crippen molar-refractivity contribution in [1.82, 2.24) is 4.90 Å². The quantitative estimate of drug-likeness (QED) is 0.829. The number of carbonyl (C=O) groups is 1. The van der Waals surface area contributed by atoms with Gasteiger partial charge in [0.25, 0.3) is 10.0 Å². The number of aryl methyl sites for hydroxylation is 2. The molecule has 0 heterocycles. The highest BCUT2D eigenvalue weighted by molar-refractivity contribution is 7.92. The third-order valence-electron chi connectivity index (χ3n) is 3.56. The summed E-state index contributed by atoms with van der Waals surface area (Å²) >= 11 is 0. The first kappa shape index (κ1) is 19.0. The maximum absolute atomic E-state index is 12.5. The molecule has 0 atom stereocenters. The summed E-state index contributed by atoms with van der Waals surface area (Å²) in [5.74, 6) is -0.166. The number of hydrogen-bond acceptors (Lipinski definition) is 4. The lowest BCUT2D eigenvalue weighted by Crippen LogP contribution is -2.27. The molecule has 0 unspecified atom stereocenters. The van der Waals surface area contributed by atoms with Crippen LogP contribution in [0.4, 0.5) is 11.4 Å². The summed E-state index contributed by atoms with van der Waals surface area (Å²) in [6.07, 6.45) is 0. The van der Waals surface area contributed by atoms with Crippen molar-refractivity contribution in [2.24, 2.45) is 0 Å². The molecule has 0 saturated carbocycles. The van der Waals surface area contributed by atoms with Gasteiger partial charge in [0.2, 0.25) is 5.91 Å². The van der Waals surface area contributed by atoms with Crippen LogP contribution in [0.2, 0.25) is 0 Å². The maximum atomic E-state index is 12.5. The summed E-state index contributed by atoms with van der Waals surface area (Å²) in [4.78, 5) is 13.8. The van der Waals surface area contributed by atoms with Crippen molar-refractivity contribution in [3.63, 3.8) is 0 Å². The van der Waals surface area contributed by atoms with Crippen LogP contribution in [0.1, 0.15) is 11.1 Å². The minimum Gasteiger partial charge on any atom is -0.325 e. The molecule has 1 amide bonds. The van der Waals surface area contributed by atoms with Crippen LogP contribution >= 0.6 is 0 Å². The largest absolute Gasteiger partial charge is 0.325 e. The van der Waals surface area contributed by atoms with E-state index in [4.69, 9.17) is 0 Å². The summed E-state index contributed by atoms with van der Waals surface area (Å²) in [5, 5.41) is 2.76. The highest BCUT2D eigenvalue weighted by atomic mass is 32.2. The zero-order valence-corrected chi connectivity index (χ0v) is 15.6. The average Bonchev–Trinajstić information content (AvgIpc) is 2.50. The van der Waals surface area contributed by atoms with Gasteiger partial charge in [0.1, 0.15) is 0 Å². The summed E-state index contributed by atoms with van der Waals surface area (Å²) in [5.41, 5.74) is 2.73. The molecule has 6 nitrogen and oxygen atoms in total. The number of hydrogen-bond donors (Lipinski definition) is 2. The van der Waals surface area contributed by atoms with E-state index in [0.29, 0.717) is 11.4 Å². The maximum Gasteiger partial charge on any atom is 0.261 e. The van der Waals surface area contributed by atoms with Gasteiger partial charge in [-0.1, -0.05) is 23.8 Å². The molecule has 25 heavy (non-hydrogen) atoms. The second-order valence-corrected chi connectivity index (χ2v) is 7.92. The lowest BCUT2D eigenvalue weighted by molar-refractivity contribution is -0.116. The van der Waals surface area contributed by atoms with E-state index >= 15 is 0 Å². The third-order valence-corrected chi connectivity index (χ3v) is 4.94. The van der Waals surface area contributed by atoms with Gasteiger partial charge in [0.15, 0.2) is 0 Å². The van der Waals surface area contributed by atoms with Crippen molar-refractivity contribution in [2.45, 2.75) is 18.7 Å². The van der Waals surface area contributed by atoms with Gasteiger partial charge in [-0.3, -0.25) is 9.52 Å². The van der Waals surface area contributed by atoms with Crippen molar-refractivity contribution < 1.29 is 13.2 Å². The van der Waals surface area contributed by atoms with Crippen LogP contribution in [-0.4, -0.2) is 39.9 Å². The van der Waals surface area contributed by atoms with E-state index in [1.165, 1.54) is 0 Å². The van der Waals surface area contributed by atoms with E-state index < -0.39 is 10.0 Å². The Hall–Kier alpha value is -2.38. The number of likely N-dealkylation sites (N-methyl/N-ethyl adjacent to an activating group) is 1. The molecule has 0 aliphatic heterocycles. The Labute approximate surface area is 148 Å². The van der Waals surface area contributed by atoms with Gasteiger partial charge in [-0.2, -0.15) is 0 Å². The number of anilines is 2. The molecule has 0 radical (unpaired) electrons. The van der Waals surface area contributed by atoms with Gasteiger partial charge >= 0.3 is 0 Å². The van der Waals surface area contributed by atoms with Crippen LogP contribution in [0.25, 0.3) is 0 Å². The van der Waals surface area contributed by atoms with Crippen LogP contribution in [0.5, 0.6) is 0 Å². The smallest absolute Gasteiger partial charge is 0.261 e. The van der Waals surface area contributed by atoms with Gasteiger partial charge in [-0.05, 0) is 57.8 Å². The zero-order chi connectivity index (χ0) is 18.6. The molecule has 0 aliphatic carbocycles. The molecule has 0 saturated heterocycles. The van der Waals surface area contributed by atoms with Gasteiger partial charge in [0, 0.05) is 5.69 Å². The highest BCUT2D eigenvalue weighted by Crippen LogP contribution is 2.23. The summed E-state index contributed by atoms with van der Waals surface area (Å²) in [6, 6.07) is 11.8.